The predicted octanol–water partition coefficient (Wildman–Crippen LogP) is 5.45. The molecule has 28 heavy (non-hydrogen) atoms. The molecule has 1 N–H and O–H groups in total. The first-order chi connectivity index (χ1) is 13.2. The summed E-state index contributed by atoms with van der Waals surface area (Å²) in [6, 6.07) is 16.8. The number of hydrogen-bond acceptors (Lipinski definition) is 2. The summed E-state index contributed by atoms with van der Waals surface area (Å²) in [6.45, 7) is 11.4. The van der Waals surface area contributed by atoms with E-state index >= 15 is 0 Å². The van der Waals surface area contributed by atoms with Gasteiger partial charge in [-0.25, -0.2) is 0 Å². The number of carbonyl (C=O) groups excluding carboxylic acids is 1. The van der Waals surface area contributed by atoms with Crippen LogP contribution in [-0.2, 0) is 23.1 Å². The Balaban J connectivity index is 1.65. The Morgan fingerprint density at radius 1 is 0.929 bits per heavy atom. The van der Waals surface area contributed by atoms with Crippen LogP contribution in [-0.4, -0.2) is 18.6 Å². The largest absolute Gasteiger partial charge is 0.491 e. The van der Waals surface area contributed by atoms with Gasteiger partial charge in [0, 0.05) is 13.0 Å². The summed E-state index contributed by atoms with van der Waals surface area (Å²) in [7, 11) is 0. The summed E-state index contributed by atoms with van der Waals surface area (Å²) in [5.74, 6) is 1.03. The SMILES string of the molecule is CC(C)Oc1ccc(CCCNC(=O)CCc2ccc(C(C)(C)C)cc2)cc1. The fourth-order valence-electron chi connectivity index (χ4n) is 3.04. The topological polar surface area (TPSA) is 38.3 Å². The molecule has 152 valence electrons. The lowest BCUT2D eigenvalue weighted by Crippen LogP contribution is -2.25. The number of benzene rings is 2. The first-order valence-corrected chi connectivity index (χ1v) is 10.4. The zero-order valence-corrected chi connectivity index (χ0v) is 18.0. The average Bonchev–Trinajstić information content (AvgIpc) is 2.64. The van der Waals surface area contributed by atoms with Crippen LogP contribution >= 0.6 is 0 Å². The van der Waals surface area contributed by atoms with Crippen LogP contribution in [0.25, 0.3) is 0 Å². The minimum atomic E-state index is 0.126. The quantitative estimate of drug-likeness (QED) is 0.586. The molecule has 0 radical (unpaired) electrons. The van der Waals surface area contributed by atoms with Crippen molar-refractivity contribution in [2.75, 3.05) is 6.54 Å². The van der Waals surface area contributed by atoms with Gasteiger partial charge in [0.1, 0.15) is 5.75 Å². The molecular formula is C25H35NO2. The maximum atomic E-state index is 12.1. The summed E-state index contributed by atoms with van der Waals surface area (Å²) in [6.07, 6.45) is 3.41. The van der Waals surface area contributed by atoms with Crippen LogP contribution in [0.4, 0.5) is 0 Å². The van der Waals surface area contributed by atoms with Gasteiger partial charge in [-0.05, 0) is 67.3 Å². The molecule has 0 fully saturated rings. The Bertz CT molecular complexity index is 725. The maximum absolute atomic E-state index is 12.1. The zero-order valence-electron chi connectivity index (χ0n) is 18.0. The minimum Gasteiger partial charge on any atom is -0.491 e. The summed E-state index contributed by atoms with van der Waals surface area (Å²) in [5.41, 5.74) is 3.97. The molecule has 3 heteroatoms. The Labute approximate surface area is 170 Å². The molecule has 0 heterocycles. The van der Waals surface area contributed by atoms with Crippen LogP contribution in [0.5, 0.6) is 5.75 Å². The van der Waals surface area contributed by atoms with Gasteiger partial charge in [0.05, 0.1) is 6.10 Å². The monoisotopic (exact) mass is 381 g/mol. The van der Waals surface area contributed by atoms with Crippen LogP contribution in [0.2, 0.25) is 0 Å². The van der Waals surface area contributed by atoms with Crippen molar-refractivity contribution >= 4 is 5.91 Å². The standard InChI is InChI=1S/C25H35NO2/c1-19(2)28-23-15-10-20(11-16-23)7-6-18-26-24(27)17-12-21-8-13-22(14-9-21)25(3,4)5/h8-11,13-16,19H,6-7,12,17-18H2,1-5H3,(H,26,27). The Kier molecular flexibility index (Phi) is 8.10. The lowest BCUT2D eigenvalue weighted by molar-refractivity contribution is -0.121. The first kappa shape index (κ1) is 22.0. The zero-order chi connectivity index (χ0) is 20.6. The fraction of sp³-hybridized carbons (Fsp3) is 0.480. The molecule has 0 spiro atoms. The van der Waals surface area contributed by atoms with Gasteiger partial charge >= 0.3 is 0 Å². The molecule has 0 bridgehead atoms. The van der Waals surface area contributed by atoms with E-state index in [9.17, 15) is 4.79 Å². The molecule has 1 amide bonds. The summed E-state index contributed by atoms with van der Waals surface area (Å²) >= 11 is 0. The number of aryl methyl sites for hydroxylation is 2. The molecule has 0 aliphatic carbocycles. The highest BCUT2D eigenvalue weighted by molar-refractivity contribution is 5.76. The van der Waals surface area contributed by atoms with Crippen LogP contribution in [0.3, 0.4) is 0 Å². The molecule has 0 aliphatic rings. The molecule has 0 atom stereocenters. The fourth-order valence-corrected chi connectivity index (χ4v) is 3.04. The van der Waals surface area contributed by atoms with Crippen molar-refractivity contribution in [3.8, 4) is 5.75 Å². The average molecular weight is 382 g/mol. The third kappa shape index (κ3) is 7.75. The lowest BCUT2D eigenvalue weighted by atomic mass is 9.86. The van der Waals surface area contributed by atoms with Crippen LogP contribution in [0.15, 0.2) is 48.5 Å². The van der Waals surface area contributed by atoms with Gasteiger partial charge in [-0.2, -0.15) is 0 Å². The summed E-state index contributed by atoms with van der Waals surface area (Å²) < 4.78 is 5.66. The minimum absolute atomic E-state index is 0.126. The van der Waals surface area contributed by atoms with Gasteiger partial charge in [-0.3, -0.25) is 4.79 Å². The first-order valence-electron chi connectivity index (χ1n) is 10.4. The van der Waals surface area contributed by atoms with Gasteiger partial charge in [0.15, 0.2) is 0 Å². The number of carbonyl (C=O) groups is 1. The van der Waals surface area contributed by atoms with E-state index in [0.717, 1.165) is 25.0 Å². The highest BCUT2D eigenvalue weighted by Crippen LogP contribution is 2.22. The molecule has 2 aromatic rings. The van der Waals surface area contributed by atoms with E-state index in [-0.39, 0.29) is 17.4 Å². The third-order valence-electron chi connectivity index (χ3n) is 4.72. The van der Waals surface area contributed by atoms with Crippen LogP contribution in [0, 0.1) is 0 Å². The number of ether oxygens (including phenoxy) is 1. The molecule has 0 unspecified atom stereocenters. The number of rotatable bonds is 9. The van der Waals surface area contributed by atoms with Gasteiger partial charge in [0.2, 0.25) is 5.91 Å². The van der Waals surface area contributed by atoms with Gasteiger partial charge < -0.3 is 10.1 Å². The van der Waals surface area contributed by atoms with Crippen molar-refractivity contribution in [2.45, 2.75) is 71.8 Å². The second-order valence-electron chi connectivity index (χ2n) is 8.71. The Morgan fingerprint density at radius 2 is 1.50 bits per heavy atom. The van der Waals surface area contributed by atoms with E-state index in [4.69, 9.17) is 4.74 Å². The molecule has 2 aromatic carbocycles. The number of nitrogens with one attached hydrogen (secondary N) is 1. The molecule has 0 saturated heterocycles. The molecule has 0 aromatic heterocycles. The summed E-state index contributed by atoms with van der Waals surface area (Å²) in [4.78, 5) is 12.1. The molecule has 0 saturated carbocycles. The van der Waals surface area contributed by atoms with Gasteiger partial charge in [-0.1, -0.05) is 57.2 Å². The smallest absolute Gasteiger partial charge is 0.220 e. The highest BCUT2D eigenvalue weighted by Gasteiger charge is 2.13. The van der Waals surface area contributed by atoms with Crippen molar-refractivity contribution < 1.29 is 9.53 Å². The Hall–Kier alpha value is -2.29. The summed E-state index contributed by atoms with van der Waals surface area (Å²) in [5, 5.41) is 3.03. The van der Waals surface area contributed by atoms with E-state index < -0.39 is 0 Å². The second kappa shape index (κ2) is 10.3. The van der Waals surface area contributed by atoms with Gasteiger partial charge in [0.25, 0.3) is 0 Å². The van der Waals surface area contributed by atoms with Crippen molar-refractivity contribution in [1.29, 1.82) is 0 Å². The van der Waals surface area contributed by atoms with E-state index in [1.165, 1.54) is 16.7 Å². The molecular weight excluding hydrogens is 346 g/mol. The van der Waals surface area contributed by atoms with Crippen LogP contribution < -0.4 is 10.1 Å². The van der Waals surface area contributed by atoms with Crippen molar-refractivity contribution in [3.05, 3.63) is 65.2 Å². The van der Waals surface area contributed by atoms with E-state index in [0.29, 0.717) is 13.0 Å². The van der Waals surface area contributed by atoms with Crippen molar-refractivity contribution in [3.63, 3.8) is 0 Å². The lowest BCUT2D eigenvalue weighted by Gasteiger charge is -2.19. The number of amides is 1. The van der Waals surface area contributed by atoms with E-state index in [1.54, 1.807) is 0 Å². The molecule has 3 nitrogen and oxygen atoms in total. The molecule has 0 aliphatic heterocycles. The van der Waals surface area contributed by atoms with Gasteiger partial charge in [-0.15, -0.1) is 0 Å². The third-order valence-corrected chi connectivity index (χ3v) is 4.72. The van der Waals surface area contributed by atoms with Crippen LogP contribution in [0.1, 0.15) is 64.2 Å². The predicted molar refractivity (Wildman–Crippen MR) is 117 cm³/mol. The highest BCUT2D eigenvalue weighted by atomic mass is 16.5. The maximum Gasteiger partial charge on any atom is 0.220 e. The Morgan fingerprint density at radius 3 is 2.07 bits per heavy atom. The second-order valence-corrected chi connectivity index (χ2v) is 8.71. The van der Waals surface area contributed by atoms with E-state index in [1.807, 2.05) is 26.0 Å². The van der Waals surface area contributed by atoms with E-state index in [2.05, 4.69) is 62.5 Å². The molecule has 2 rings (SSSR count). The number of hydrogen-bond donors (Lipinski definition) is 1. The normalized spacial score (nSPS) is 11.5. The van der Waals surface area contributed by atoms with Crippen molar-refractivity contribution in [1.82, 2.24) is 5.32 Å². The van der Waals surface area contributed by atoms with Crippen molar-refractivity contribution in [2.24, 2.45) is 0 Å².